The molecule has 0 saturated carbocycles. The summed E-state index contributed by atoms with van der Waals surface area (Å²) in [6, 6.07) is -0.412. The van der Waals surface area contributed by atoms with E-state index in [1.54, 1.807) is 10.8 Å². The monoisotopic (exact) mass is 434 g/mol. The molecule has 12 heteroatoms. The van der Waals surface area contributed by atoms with Gasteiger partial charge in [-0.15, -0.1) is 0 Å². The standard InChI is InChI=1S/C18H19N5O6S/c1-6-8(12(18(28)29)23-11(6)10(7(2)24)17(23)27)3-21-4-9-22(5-21)13(15(19)25)14(30-9)16(20)26/h4-7,10-11,24H,3H2,1-2H3,(H4-,19,20,25,26,28,29)/p+1/t6-,7+,10+,11+/m0/s1. The Kier molecular flexibility index (Phi) is 4.43. The molecule has 0 aliphatic carbocycles. The summed E-state index contributed by atoms with van der Waals surface area (Å²) in [6.07, 6.45) is 2.29. The molecule has 6 N–H and O–H groups in total. The highest BCUT2D eigenvalue weighted by atomic mass is 32.1. The Morgan fingerprint density at radius 3 is 2.50 bits per heavy atom. The summed E-state index contributed by atoms with van der Waals surface area (Å²) in [6.45, 7) is 3.49. The van der Waals surface area contributed by atoms with Gasteiger partial charge in [0.2, 0.25) is 16.4 Å². The molecule has 2 aliphatic heterocycles. The molecule has 0 aromatic carbocycles. The number of carboxylic acid groups (broad SMARTS) is 1. The molecular formula is C18H20N5O6S+. The molecule has 3 amide bonds. The van der Waals surface area contributed by atoms with Gasteiger partial charge in [0.1, 0.15) is 23.3 Å². The number of aliphatic hydroxyl groups is 1. The number of aliphatic hydroxyl groups excluding tert-OH is 1. The fourth-order valence-electron chi connectivity index (χ4n) is 4.48. The van der Waals surface area contributed by atoms with Crippen molar-refractivity contribution in [3.05, 3.63) is 34.4 Å². The molecular weight excluding hydrogens is 414 g/mol. The zero-order valence-corrected chi connectivity index (χ0v) is 16.9. The van der Waals surface area contributed by atoms with Crippen LogP contribution in [-0.2, 0) is 16.1 Å². The summed E-state index contributed by atoms with van der Waals surface area (Å²) in [5, 5.41) is 19.6. The average Bonchev–Trinajstić information content (AvgIpc) is 3.23. The first-order valence-electron chi connectivity index (χ1n) is 9.15. The normalized spacial score (nSPS) is 24.2. The van der Waals surface area contributed by atoms with E-state index in [0.717, 1.165) is 11.3 Å². The fourth-order valence-corrected chi connectivity index (χ4v) is 5.51. The summed E-state index contributed by atoms with van der Waals surface area (Å²) in [7, 11) is 0. The highest BCUT2D eigenvalue weighted by Crippen LogP contribution is 2.47. The molecule has 11 nitrogen and oxygen atoms in total. The average molecular weight is 434 g/mol. The second-order valence-electron chi connectivity index (χ2n) is 7.57. The molecule has 1 saturated heterocycles. The van der Waals surface area contributed by atoms with Gasteiger partial charge in [0, 0.05) is 11.5 Å². The molecule has 0 radical (unpaired) electrons. The minimum atomic E-state index is -1.22. The van der Waals surface area contributed by atoms with E-state index in [2.05, 4.69) is 0 Å². The highest BCUT2D eigenvalue weighted by Gasteiger charge is 2.60. The van der Waals surface area contributed by atoms with Crippen LogP contribution >= 0.6 is 11.3 Å². The third-order valence-corrected chi connectivity index (χ3v) is 6.88. The Balaban J connectivity index is 1.74. The third-order valence-electron chi connectivity index (χ3n) is 5.77. The molecule has 4 heterocycles. The SMILES string of the molecule is C[C@@H](O)[C@H]1C(=O)N2C(C(=O)O)=C(C[n+]3cc4sc(C(N)=O)c(C(N)=O)n4c3)[C@H](C)[C@H]12. The van der Waals surface area contributed by atoms with Crippen LogP contribution in [0.15, 0.2) is 23.8 Å². The maximum Gasteiger partial charge on any atom is 0.352 e. The Labute approximate surface area is 173 Å². The van der Waals surface area contributed by atoms with Crippen LogP contribution in [0.4, 0.5) is 0 Å². The predicted octanol–water partition coefficient (Wildman–Crippen LogP) is -1.32. The number of imidazole rings is 1. The van der Waals surface area contributed by atoms with Gasteiger partial charge >= 0.3 is 5.97 Å². The van der Waals surface area contributed by atoms with Crippen molar-refractivity contribution < 1.29 is 34.0 Å². The number of carbonyl (C=O) groups excluding carboxylic acids is 3. The first-order chi connectivity index (χ1) is 14.0. The number of primary amides is 2. The van der Waals surface area contributed by atoms with Crippen molar-refractivity contribution in [1.82, 2.24) is 9.30 Å². The first-order valence-corrected chi connectivity index (χ1v) is 9.97. The molecule has 4 atom stereocenters. The first kappa shape index (κ1) is 20.0. The molecule has 2 aromatic rings. The van der Waals surface area contributed by atoms with Crippen molar-refractivity contribution in [2.24, 2.45) is 23.3 Å². The second-order valence-corrected chi connectivity index (χ2v) is 8.60. The number of carboxylic acids is 1. The van der Waals surface area contributed by atoms with Crippen molar-refractivity contribution in [1.29, 1.82) is 0 Å². The van der Waals surface area contributed by atoms with Crippen molar-refractivity contribution in [2.45, 2.75) is 32.5 Å². The minimum absolute atomic E-state index is 0.0404. The second kappa shape index (κ2) is 6.64. The van der Waals surface area contributed by atoms with E-state index < -0.39 is 41.8 Å². The number of amides is 3. The number of hydrogen-bond acceptors (Lipinski definition) is 6. The van der Waals surface area contributed by atoms with Crippen LogP contribution in [0, 0.1) is 11.8 Å². The molecule has 0 unspecified atom stereocenters. The van der Waals surface area contributed by atoms with Crippen molar-refractivity contribution in [3.8, 4) is 0 Å². The van der Waals surface area contributed by atoms with Crippen LogP contribution < -0.4 is 16.0 Å². The Morgan fingerprint density at radius 2 is 1.97 bits per heavy atom. The molecule has 1 fully saturated rings. The summed E-state index contributed by atoms with van der Waals surface area (Å²) in [5.41, 5.74) is 11.1. The lowest BCUT2D eigenvalue weighted by Gasteiger charge is -2.46. The van der Waals surface area contributed by atoms with Crippen molar-refractivity contribution >= 4 is 39.9 Å². The number of fused-ring (bicyclic) bond motifs is 2. The number of aliphatic carboxylic acids is 1. The number of β-lactam (4-membered cyclic amide) rings is 1. The van der Waals surface area contributed by atoms with Gasteiger partial charge in [-0.1, -0.05) is 18.3 Å². The van der Waals surface area contributed by atoms with Gasteiger partial charge in [-0.2, -0.15) is 4.40 Å². The summed E-state index contributed by atoms with van der Waals surface area (Å²) >= 11 is 1.00. The van der Waals surface area contributed by atoms with Crippen LogP contribution in [0.2, 0.25) is 0 Å². The zero-order valence-electron chi connectivity index (χ0n) is 16.1. The number of nitrogens with zero attached hydrogens (tertiary/aromatic N) is 3. The smallest absolute Gasteiger partial charge is 0.352 e. The van der Waals surface area contributed by atoms with Gasteiger partial charge in [-0.3, -0.25) is 14.4 Å². The number of rotatable bonds is 6. The van der Waals surface area contributed by atoms with Crippen LogP contribution in [0.3, 0.4) is 0 Å². The molecule has 30 heavy (non-hydrogen) atoms. The van der Waals surface area contributed by atoms with Crippen LogP contribution in [0.25, 0.3) is 4.83 Å². The number of carbonyl (C=O) groups is 4. The van der Waals surface area contributed by atoms with E-state index in [0.29, 0.717) is 10.4 Å². The van der Waals surface area contributed by atoms with Gasteiger partial charge in [0.15, 0.2) is 0 Å². The fraction of sp³-hybridized carbons (Fsp3) is 0.389. The number of aromatic nitrogens is 2. The highest BCUT2D eigenvalue weighted by molar-refractivity contribution is 7.19. The summed E-state index contributed by atoms with van der Waals surface area (Å²) in [5.74, 6) is -4.13. The van der Waals surface area contributed by atoms with E-state index in [4.69, 9.17) is 11.5 Å². The van der Waals surface area contributed by atoms with Gasteiger partial charge in [-0.05, 0) is 6.92 Å². The van der Waals surface area contributed by atoms with Gasteiger partial charge in [0.05, 0.1) is 18.1 Å². The van der Waals surface area contributed by atoms with Crippen LogP contribution in [0.5, 0.6) is 0 Å². The van der Waals surface area contributed by atoms with E-state index in [9.17, 15) is 29.4 Å². The quantitative estimate of drug-likeness (QED) is 0.324. The molecule has 158 valence electrons. The third kappa shape index (κ3) is 2.64. The topological polar surface area (TPSA) is 172 Å². The van der Waals surface area contributed by atoms with E-state index in [1.807, 2.05) is 6.92 Å². The van der Waals surface area contributed by atoms with Gasteiger partial charge < -0.3 is 26.6 Å². The maximum atomic E-state index is 12.4. The Hall–Kier alpha value is -3.25. The predicted molar refractivity (Wildman–Crippen MR) is 102 cm³/mol. The van der Waals surface area contributed by atoms with Crippen molar-refractivity contribution in [3.63, 3.8) is 0 Å². The number of thiazole rings is 1. The molecule has 4 rings (SSSR count). The van der Waals surface area contributed by atoms with Gasteiger partial charge in [-0.25, -0.2) is 9.36 Å². The lowest BCUT2D eigenvalue weighted by Crippen LogP contribution is -2.63. The largest absolute Gasteiger partial charge is 0.477 e. The van der Waals surface area contributed by atoms with Gasteiger partial charge in [0.25, 0.3) is 18.1 Å². The lowest BCUT2D eigenvalue weighted by atomic mass is 9.78. The molecule has 2 aromatic heterocycles. The lowest BCUT2D eigenvalue weighted by molar-refractivity contribution is -0.688. The maximum absolute atomic E-state index is 12.4. The summed E-state index contributed by atoms with van der Waals surface area (Å²) in [4.78, 5) is 49.6. The Bertz CT molecular complexity index is 1160. The molecule has 2 aliphatic rings. The van der Waals surface area contributed by atoms with E-state index >= 15 is 0 Å². The van der Waals surface area contributed by atoms with Crippen LogP contribution in [-0.4, -0.2) is 55.4 Å². The molecule has 0 bridgehead atoms. The van der Waals surface area contributed by atoms with E-state index in [-0.39, 0.29) is 28.7 Å². The number of nitrogens with two attached hydrogens (primary N) is 2. The minimum Gasteiger partial charge on any atom is -0.477 e. The Morgan fingerprint density at radius 1 is 1.30 bits per heavy atom. The molecule has 0 spiro atoms. The summed E-state index contributed by atoms with van der Waals surface area (Å²) < 4.78 is 3.10. The van der Waals surface area contributed by atoms with Crippen LogP contribution in [0.1, 0.15) is 34.0 Å². The van der Waals surface area contributed by atoms with Crippen molar-refractivity contribution in [2.75, 3.05) is 0 Å². The number of hydrogen-bond donors (Lipinski definition) is 4. The van der Waals surface area contributed by atoms with E-state index in [1.165, 1.54) is 22.6 Å². The zero-order chi connectivity index (χ0) is 22.1.